The van der Waals surface area contributed by atoms with Crippen LogP contribution in [-0.2, 0) is 0 Å². The number of amides is 1. The summed E-state index contributed by atoms with van der Waals surface area (Å²) in [5, 5.41) is 9.54. The van der Waals surface area contributed by atoms with E-state index in [1.54, 1.807) is 0 Å². The molecular formula is C12H15ClFNO2. The minimum absolute atomic E-state index is 0.0364. The number of aromatic hydroxyl groups is 1. The van der Waals surface area contributed by atoms with Crippen LogP contribution in [0.5, 0.6) is 5.75 Å². The maximum atomic E-state index is 12.8. The number of alkyl halides is 1. The smallest absolute Gasteiger partial charge is 0.257 e. The van der Waals surface area contributed by atoms with Crippen molar-refractivity contribution in [3.63, 3.8) is 0 Å². The number of nitrogens with zero attached hydrogens (tertiary/aromatic N) is 1. The lowest BCUT2D eigenvalue weighted by Crippen LogP contribution is -2.38. The molecule has 0 fully saturated rings. The van der Waals surface area contributed by atoms with Gasteiger partial charge in [0.25, 0.3) is 5.91 Å². The molecule has 94 valence electrons. The first-order valence-corrected chi connectivity index (χ1v) is 5.86. The van der Waals surface area contributed by atoms with Gasteiger partial charge in [-0.25, -0.2) is 4.39 Å². The van der Waals surface area contributed by atoms with E-state index in [1.807, 2.05) is 13.8 Å². The van der Waals surface area contributed by atoms with Gasteiger partial charge in [0.1, 0.15) is 11.6 Å². The second kappa shape index (κ2) is 5.87. The molecule has 1 aromatic rings. The zero-order valence-electron chi connectivity index (χ0n) is 9.78. The van der Waals surface area contributed by atoms with E-state index in [4.69, 9.17) is 11.6 Å². The van der Waals surface area contributed by atoms with Crippen molar-refractivity contribution in [3.05, 3.63) is 29.6 Å². The molecule has 5 heteroatoms. The SMILES string of the molecule is CC(C)N(CCCl)C(=O)c1ccc(F)cc1O. The van der Waals surface area contributed by atoms with Gasteiger partial charge in [-0.1, -0.05) is 0 Å². The van der Waals surface area contributed by atoms with Crippen LogP contribution in [0.4, 0.5) is 4.39 Å². The van der Waals surface area contributed by atoms with Gasteiger partial charge >= 0.3 is 0 Å². The average molecular weight is 260 g/mol. The van der Waals surface area contributed by atoms with Gasteiger partial charge < -0.3 is 10.0 Å². The molecule has 0 unspecified atom stereocenters. The molecule has 0 radical (unpaired) electrons. The van der Waals surface area contributed by atoms with Gasteiger partial charge in [-0.2, -0.15) is 0 Å². The van der Waals surface area contributed by atoms with Crippen LogP contribution in [0, 0.1) is 5.82 Å². The lowest BCUT2D eigenvalue weighted by Gasteiger charge is -2.26. The fraction of sp³-hybridized carbons (Fsp3) is 0.417. The first-order valence-electron chi connectivity index (χ1n) is 5.32. The van der Waals surface area contributed by atoms with Gasteiger partial charge in [0.05, 0.1) is 5.56 Å². The van der Waals surface area contributed by atoms with E-state index in [1.165, 1.54) is 11.0 Å². The monoisotopic (exact) mass is 259 g/mol. The second-order valence-electron chi connectivity index (χ2n) is 3.94. The third-order valence-corrected chi connectivity index (χ3v) is 2.57. The molecule has 1 rings (SSSR count). The quantitative estimate of drug-likeness (QED) is 0.845. The standard InChI is InChI=1S/C12H15ClFNO2/c1-8(2)15(6-5-13)12(17)10-4-3-9(14)7-11(10)16/h3-4,7-8,16H,5-6H2,1-2H3. The lowest BCUT2D eigenvalue weighted by atomic mass is 10.1. The highest BCUT2D eigenvalue weighted by Gasteiger charge is 2.21. The summed E-state index contributed by atoms with van der Waals surface area (Å²) < 4.78 is 12.8. The largest absolute Gasteiger partial charge is 0.507 e. The van der Waals surface area contributed by atoms with Gasteiger partial charge in [0.2, 0.25) is 0 Å². The maximum Gasteiger partial charge on any atom is 0.257 e. The predicted octanol–water partition coefficient (Wildman–Crippen LogP) is 2.62. The molecule has 0 atom stereocenters. The van der Waals surface area contributed by atoms with E-state index in [0.717, 1.165) is 12.1 Å². The Morgan fingerprint density at radius 1 is 1.53 bits per heavy atom. The first-order chi connectivity index (χ1) is 7.97. The molecule has 0 aliphatic rings. The van der Waals surface area contributed by atoms with Gasteiger partial charge in [-0.3, -0.25) is 4.79 Å². The molecule has 0 aromatic heterocycles. The van der Waals surface area contributed by atoms with E-state index in [-0.39, 0.29) is 23.3 Å². The Bertz CT molecular complexity index is 409. The van der Waals surface area contributed by atoms with Crippen molar-refractivity contribution in [3.8, 4) is 5.75 Å². The van der Waals surface area contributed by atoms with Crippen LogP contribution < -0.4 is 0 Å². The summed E-state index contributed by atoms with van der Waals surface area (Å²) in [5.74, 6) is -0.966. The molecule has 1 amide bonds. The fourth-order valence-corrected chi connectivity index (χ4v) is 1.71. The number of carbonyl (C=O) groups is 1. The Labute approximate surface area is 105 Å². The molecule has 1 aromatic carbocycles. The van der Waals surface area contributed by atoms with Crippen molar-refractivity contribution in [2.75, 3.05) is 12.4 Å². The molecule has 0 aliphatic heterocycles. The van der Waals surface area contributed by atoms with E-state index in [2.05, 4.69) is 0 Å². The summed E-state index contributed by atoms with van der Waals surface area (Å²) in [5.41, 5.74) is 0.0882. The molecule has 17 heavy (non-hydrogen) atoms. The Kier molecular flexibility index (Phi) is 4.75. The van der Waals surface area contributed by atoms with Crippen LogP contribution in [-0.4, -0.2) is 34.4 Å². The van der Waals surface area contributed by atoms with Gasteiger partial charge in [0, 0.05) is 24.5 Å². The van der Waals surface area contributed by atoms with E-state index < -0.39 is 5.82 Å². The normalized spacial score (nSPS) is 10.6. The number of halogens is 2. The molecule has 0 spiro atoms. The summed E-state index contributed by atoms with van der Waals surface area (Å²) >= 11 is 5.62. The van der Waals surface area contributed by atoms with Crippen molar-refractivity contribution in [1.82, 2.24) is 4.90 Å². The van der Waals surface area contributed by atoms with Crippen LogP contribution in [0.25, 0.3) is 0 Å². The molecule has 0 saturated heterocycles. The highest BCUT2D eigenvalue weighted by Crippen LogP contribution is 2.20. The van der Waals surface area contributed by atoms with Gasteiger partial charge in [0.15, 0.2) is 0 Å². The third kappa shape index (κ3) is 3.33. The molecular weight excluding hydrogens is 245 g/mol. The number of benzene rings is 1. The van der Waals surface area contributed by atoms with Crippen molar-refractivity contribution < 1.29 is 14.3 Å². The molecule has 0 bridgehead atoms. The van der Waals surface area contributed by atoms with Crippen molar-refractivity contribution in [2.24, 2.45) is 0 Å². The molecule has 1 N–H and O–H groups in total. The van der Waals surface area contributed by atoms with Crippen LogP contribution in [0.1, 0.15) is 24.2 Å². The van der Waals surface area contributed by atoms with Crippen LogP contribution >= 0.6 is 11.6 Å². The second-order valence-corrected chi connectivity index (χ2v) is 4.32. The van der Waals surface area contributed by atoms with Crippen molar-refractivity contribution in [1.29, 1.82) is 0 Å². The summed E-state index contributed by atoms with van der Waals surface area (Å²) in [7, 11) is 0. The van der Waals surface area contributed by atoms with Crippen LogP contribution in [0.15, 0.2) is 18.2 Å². The van der Waals surface area contributed by atoms with Crippen molar-refractivity contribution in [2.45, 2.75) is 19.9 Å². The Morgan fingerprint density at radius 2 is 2.18 bits per heavy atom. The lowest BCUT2D eigenvalue weighted by molar-refractivity contribution is 0.0715. The average Bonchev–Trinajstić information content (AvgIpc) is 2.24. The topological polar surface area (TPSA) is 40.5 Å². The fourth-order valence-electron chi connectivity index (χ4n) is 1.53. The predicted molar refractivity (Wildman–Crippen MR) is 65.0 cm³/mol. The number of hydrogen-bond acceptors (Lipinski definition) is 2. The Balaban J connectivity index is 3.01. The van der Waals surface area contributed by atoms with E-state index >= 15 is 0 Å². The number of hydrogen-bond donors (Lipinski definition) is 1. The first kappa shape index (κ1) is 13.8. The molecule has 0 saturated carbocycles. The Hall–Kier alpha value is -1.29. The zero-order valence-corrected chi connectivity index (χ0v) is 10.5. The van der Waals surface area contributed by atoms with E-state index in [0.29, 0.717) is 12.4 Å². The minimum atomic E-state index is -0.576. The number of rotatable bonds is 4. The van der Waals surface area contributed by atoms with Crippen LogP contribution in [0.3, 0.4) is 0 Å². The number of phenolic OH excluding ortho intramolecular Hbond substituents is 1. The molecule has 0 heterocycles. The molecule has 3 nitrogen and oxygen atoms in total. The highest BCUT2D eigenvalue weighted by molar-refractivity contribution is 6.18. The maximum absolute atomic E-state index is 12.8. The number of phenols is 1. The summed E-state index contributed by atoms with van der Waals surface area (Å²) in [6.45, 7) is 4.09. The molecule has 0 aliphatic carbocycles. The third-order valence-electron chi connectivity index (χ3n) is 2.40. The highest BCUT2D eigenvalue weighted by atomic mass is 35.5. The van der Waals surface area contributed by atoms with E-state index in [9.17, 15) is 14.3 Å². The summed E-state index contributed by atoms with van der Waals surface area (Å²) in [6.07, 6.45) is 0. The number of carbonyl (C=O) groups excluding carboxylic acids is 1. The summed E-state index contributed by atoms with van der Waals surface area (Å²) in [6, 6.07) is 3.31. The zero-order chi connectivity index (χ0) is 13.0. The van der Waals surface area contributed by atoms with Gasteiger partial charge in [-0.05, 0) is 26.0 Å². The minimum Gasteiger partial charge on any atom is -0.507 e. The van der Waals surface area contributed by atoms with Gasteiger partial charge in [-0.15, -0.1) is 11.6 Å². The van der Waals surface area contributed by atoms with Crippen LogP contribution in [0.2, 0.25) is 0 Å². The summed E-state index contributed by atoms with van der Waals surface area (Å²) in [4.78, 5) is 13.6. The van der Waals surface area contributed by atoms with Crippen molar-refractivity contribution >= 4 is 17.5 Å². The Morgan fingerprint density at radius 3 is 2.65 bits per heavy atom.